The first-order valence-electron chi connectivity index (χ1n) is 9.10. The fourth-order valence-corrected chi connectivity index (χ4v) is 3.43. The summed E-state index contributed by atoms with van der Waals surface area (Å²) in [4.78, 5) is 4.34. The van der Waals surface area contributed by atoms with Crippen LogP contribution in [0.25, 0.3) is 0 Å². The van der Waals surface area contributed by atoms with Gasteiger partial charge in [-0.2, -0.15) is 0 Å². The van der Waals surface area contributed by atoms with E-state index < -0.39 is 0 Å². The van der Waals surface area contributed by atoms with Crippen LogP contribution >= 0.6 is 0 Å². The number of ether oxygens (including phenoxy) is 3. The lowest BCUT2D eigenvalue weighted by molar-refractivity contribution is 0.268. The van der Waals surface area contributed by atoms with Crippen LogP contribution in [0.5, 0.6) is 11.5 Å². The van der Waals surface area contributed by atoms with E-state index >= 15 is 0 Å². The van der Waals surface area contributed by atoms with E-state index in [1.807, 2.05) is 36.4 Å². The highest BCUT2D eigenvalue weighted by atomic mass is 16.5. The third kappa shape index (κ3) is 3.68. The maximum atomic E-state index is 5.81. The Labute approximate surface area is 161 Å². The topological polar surface area (TPSA) is 34.2 Å². The van der Waals surface area contributed by atoms with Gasteiger partial charge in [0.05, 0.1) is 27.4 Å². The number of benzene rings is 2. The van der Waals surface area contributed by atoms with Crippen molar-refractivity contribution in [2.24, 2.45) is 0 Å². The highest BCUT2D eigenvalue weighted by molar-refractivity contribution is 5.64. The minimum Gasteiger partial charge on any atom is -0.497 e. The second-order valence-corrected chi connectivity index (χ2v) is 6.35. The predicted octanol–water partition coefficient (Wildman–Crippen LogP) is 4.81. The third-order valence-corrected chi connectivity index (χ3v) is 4.95. The maximum Gasteiger partial charge on any atom is 0.196 e. The molecule has 0 aliphatic carbocycles. The summed E-state index contributed by atoms with van der Waals surface area (Å²) < 4.78 is 16.4. The number of methoxy groups -OCH3 is 3. The lowest BCUT2D eigenvalue weighted by Gasteiger charge is -2.43. The normalized spacial score (nSPS) is 17.1. The van der Waals surface area contributed by atoms with Crippen LogP contribution < -0.4 is 19.3 Å². The molecular formula is C22H27N2O3. The van der Waals surface area contributed by atoms with Crippen LogP contribution in [0.15, 0.2) is 60.0 Å². The van der Waals surface area contributed by atoms with E-state index in [9.17, 15) is 0 Å². The Morgan fingerprint density at radius 2 is 1.30 bits per heavy atom. The molecule has 2 aromatic carbocycles. The largest absolute Gasteiger partial charge is 0.497 e. The van der Waals surface area contributed by atoms with E-state index in [-0.39, 0.29) is 6.04 Å². The molecule has 5 heteroatoms. The Bertz CT molecular complexity index is 784. The van der Waals surface area contributed by atoms with Crippen molar-refractivity contribution in [1.82, 2.24) is 0 Å². The quantitative estimate of drug-likeness (QED) is 0.732. The van der Waals surface area contributed by atoms with Gasteiger partial charge in [0.25, 0.3) is 0 Å². The van der Waals surface area contributed by atoms with Gasteiger partial charge in [0, 0.05) is 16.9 Å². The van der Waals surface area contributed by atoms with E-state index in [0.717, 1.165) is 35.2 Å². The lowest BCUT2D eigenvalue weighted by Crippen LogP contribution is -2.45. The smallest absolute Gasteiger partial charge is 0.196 e. The van der Waals surface area contributed by atoms with Crippen LogP contribution in [0.4, 0.5) is 11.4 Å². The molecule has 2 aromatic rings. The summed E-state index contributed by atoms with van der Waals surface area (Å²) in [7, 11) is 5.08. The van der Waals surface area contributed by atoms with E-state index in [4.69, 9.17) is 14.2 Å². The zero-order valence-corrected chi connectivity index (χ0v) is 16.6. The van der Waals surface area contributed by atoms with Crippen LogP contribution in [0.3, 0.4) is 0 Å². The van der Waals surface area contributed by atoms with Gasteiger partial charge in [0.1, 0.15) is 18.2 Å². The number of nitrogens with zero attached hydrogens (tertiary/aromatic N) is 2. The first kappa shape index (κ1) is 19.0. The monoisotopic (exact) mass is 367 g/mol. The second kappa shape index (κ2) is 8.25. The highest BCUT2D eigenvalue weighted by Crippen LogP contribution is 2.37. The van der Waals surface area contributed by atoms with Crippen LogP contribution in [0, 0.1) is 6.67 Å². The van der Waals surface area contributed by atoms with Crippen molar-refractivity contribution in [2.75, 3.05) is 31.1 Å². The molecule has 0 spiro atoms. The highest BCUT2D eigenvalue weighted by Gasteiger charge is 2.32. The number of hydrogen-bond donors (Lipinski definition) is 0. The van der Waals surface area contributed by atoms with Gasteiger partial charge >= 0.3 is 0 Å². The summed E-state index contributed by atoms with van der Waals surface area (Å²) in [6.07, 6.45) is 0.900. The zero-order chi connectivity index (χ0) is 19.4. The molecule has 1 unspecified atom stereocenters. The molecule has 1 atom stereocenters. The molecule has 0 saturated carbocycles. The third-order valence-electron chi connectivity index (χ3n) is 4.95. The molecule has 1 aliphatic rings. The van der Waals surface area contributed by atoms with Crippen molar-refractivity contribution in [3.05, 3.63) is 66.7 Å². The van der Waals surface area contributed by atoms with Crippen LogP contribution in [0.2, 0.25) is 0 Å². The predicted molar refractivity (Wildman–Crippen MR) is 109 cm³/mol. The van der Waals surface area contributed by atoms with E-state index in [1.165, 1.54) is 5.57 Å². The maximum absolute atomic E-state index is 5.81. The lowest BCUT2D eigenvalue weighted by atomic mass is 10.0. The molecule has 0 amide bonds. The second-order valence-electron chi connectivity index (χ2n) is 6.35. The van der Waals surface area contributed by atoms with Crippen LogP contribution in [-0.4, -0.2) is 27.4 Å². The molecule has 0 bridgehead atoms. The number of hydrogen-bond acceptors (Lipinski definition) is 5. The van der Waals surface area contributed by atoms with Crippen molar-refractivity contribution in [2.45, 2.75) is 26.3 Å². The molecule has 0 saturated heterocycles. The summed E-state index contributed by atoms with van der Waals surface area (Å²) in [5.41, 5.74) is 3.36. The molecule has 143 valence electrons. The average Bonchev–Trinajstić information content (AvgIpc) is 2.73. The van der Waals surface area contributed by atoms with Gasteiger partial charge in [-0.15, -0.1) is 0 Å². The van der Waals surface area contributed by atoms with Gasteiger partial charge in [-0.1, -0.05) is 6.92 Å². The summed E-state index contributed by atoms with van der Waals surface area (Å²) in [6.45, 7) is 6.45. The molecule has 1 heterocycles. The van der Waals surface area contributed by atoms with Crippen molar-refractivity contribution < 1.29 is 14.2 Å². The van der Waals surface area contributed by atoms with E-state index in [1.54, 1.807) is 21.3 Å². The Morgan fingerprint density at radius 3 is 1.74 bits per heavy atom. The SMILES string of the molecule is CCC1=C(OC)N(c2ccc(OC)cc2)[CH]N(c2ccc(OC)cc2)C1C. The zero-order valence-electron chi connectivity index (χ0n) is 16.6. The number of anilines is 2. The first-order valence-corrected chi connectivity index (χ1v) is 9.10. The minimum absolute atomic E-state index is 0.188. The molecule has 5 nitrogen and oxygen atoms in total. The van der Waals surface area contributed by atoms with Gasteiger partial charge in [0.15, 0.2) is 5.88 Å². The van der Waals surface area contributed by atoms with Gasteiger partial charge < -0.3 is 19.1 Å². The van der Waals surface area contributed by atoms with Gasteiger partial charge in [-0.05, 0) is 61.9 Å². The molecule has 3 rings (SSSR count). The summed E-state index contributed by atoms with van der Waals surface area (Å²) in [5, 5.41) is 0. The first-order chi connectivity index (χ1) is 13.1. The van der Waals surface area contributed by atoms with E-state index in [0.29, 0.717) is 0 Å². The van der Waals surface area contributed by atoms with Gasteiger partial charge in [-0.25, -0.2) is 0 Å². The van der Waals surface area contributed by atoms with Crippen molar-refractivity contribution >= 4 is 11.4 Å². The molecule has 0 N–H and O–H groups in total. The molecule has 1 radical (unpaired) electrons. The Morgan fingerprint density at radius 1 is 0.778 bits per heavy atom. The molecular weight excluding hydrogens is 340 g/mol. The summed E-state index contributed by atoms with van der Waals surface area (Å²) in [6, 6.07) is 16.3. The Kier molecular flexibility index (Phi) is 5.79. The van der Waals surface area contributed by atoms with Gasteiger partial charge in [0.2, 0.25) is 0 Å². The van der Waals surface area contributed by atoms with Gasteiger partial charge in [-0.3, -0.25) is 4.90 Å². The minimum atomic E-state index is 0.188. The average molecular weight is 367 g/mol. The Balaban J connectivity index is 2.01. The van der Waals surface area contributed by atoms with E-state index in [2.05, 4.69) is 42.4 Å². The van der Waals surface area contributed by atoms with Crippen molar-refractivity contribution in [3.63, 3.8) is 0 Å². The fraction of sp³-hybridized carbons (Fsp3) is 0.318. The fourth-order valence-electron chi connectivity index (χ4n) is 3.43. The van der Waals surface area contributed by atoms with Crippen LogP contribution in [-0.2, 0) is 4.74 Å². The molecule has 1 aliphatic heterocycles. The van der Waals surface area contributed by atoms with Crippen LogP contribution in [0.1, 0.15) is 20.3 Å². The number of rotatable bonds is 6. The summed E-state index contributed by atoms with van der Waals surface area (Å²) >= 11 is 0. The van der Waals surface area contributed by atoms with Crippen molar-refractivity contribution in [3.8, 4) is 11.5 Å². The molecule has 0 aromatic heterocycles. The molecule has 27 heavy (non-hydrogen) atoms. The Hall–Kier alpha value is -2.82. The molecule has 0 fully saturated rings. The summed E-state index contributed by atoms with van der Waals surface area (Å²) in [5.74, 6) is 2.55. The standard InChI is InChI=1S/C22H27N2O3/c1-6-21-16(2)23(17-7-11-19(25-3)12-8-17)15-24(22(21)27-5)18-9-13-20(26-4)14-10-18/h7-16H,6H2,1-5H3. The van der Waals surface area contributed by atoms with Crippen molar-refractivity contribution in [1.29, 1.82) is 0 Å².